The fourth-order valence-corrected chi connectivity index (χ4v) is 1.16. The molecule has 0 aliphatic rings. The van der Waals surface area contributed by atoms with Crippen molar-refractivity contribution in [2.24, 2.45) is 5.73 Å². The highest BCUT2D eigenvalue weighted by molar-refractivity contribution is 5.87. The Morgan fingerprint density at radius 3 is 2.75 bits per heavy atom. The minimum Gasteiger partial charge on any atom is -0.478 e. The van der Waals surface area contributed by atoms with Crippen LogP contribution < -0.4 is 11.1 Å². The predicted octanol–water partition coefficient (Wildman–Crippen LogP) is 0.348. The number of hydrogen-bond donors (Lipinski definition) is 3. The molecule has 0 aliphatic carbocycles. The number of amides is 1. The lowest BCUT2D eigenvalue weighted by Crippen LogP contribution is -2.37. The lowest BCUT2D eigenvalue weighted by Gasteiger charge is -2.08. The van der Waals surface area contributed by atoms with Crippen molar-refractivity contribution >= 4 is 11.9 Å². The monoisotopic (exact) mass is 222 g/mol. The second-order valence-electron chi connectivity index (χ2n) is 3.51. The third-order valence-corrected chi connectivity index (χ3v) is 2.05. The molecule has 0 saturated heterocycles. The SMILES string of the molecule is CC(N)C(=O)NCc1cccc(C(=O)O)c1. The Morgan fingerprint density at radius 1 is 1.50 bits per heavy atom. The van der Waals surface area contributed by atoms with Gasteiger partial charge in [0.1, 0.15) is 0 Å². The van der Waals surface area contributed by atoms with E-state index in [-0.39, 0.29) is 18.0 Å². The molecule has 1 unspecified atom stereocenters. The topological polar surface area (TPSA) is 92.4 Å². The number of hydrogen-bond acceptors (Lipinski definition) is 3. The van der Waals surface area contributed by atoms with E-state index in [4.69, 9.17) is 10.8 Å². The molecule has 0 fully saturated rings. The van der Waals surface area contributed by atoms with Gasteiger partial charge in [-0.3, -0.25) is 4.79 Å². The van der Waals surface area contributed by atoms with Gasteiger partial charge in [-0.15, -0.1) is 0 Å². The van der Waals surface area contributed by atoms with E-state index in [1.54, 1.807) is 19.1 Å². The van der Waals surface area contributed by atoms with E-state index < -0.39 is 12.0 Å². The van der Waals surface area contributed by atoms with Gasteiger partial charge in [0.15, 0.2) is 0 Å². The van der Waals surface area contributed by atoms with Crippen molar-refractivity contribution < 1.29 is 14.7 Å². The van der Waals surface area contributed by atoms with E-state index in [1.165, 1.54) is 12.1 Å². The predicted molar refractivity (Wildman–Crippen MR) is 58.9 cm³/mol. The molecule has 16 heavy (non-hydrogen) atoms. The van der Waals surface area contributed by atoms with Gasteiger partial charge >= 0.3 is 5.97 Å². The third-order valence-electron chi connectivity index (χ3n) is 2.05. The van der Waals surface area contributed by atoms with Crippen LogP contribution >= 0.6 is 0 Å². The molecule has 0 aliphatic heterocycles. The van der Waals surface area contributed by atoms with Gasteiger partial charge in [0, 0.05) is 6.54 Å². The first kappa shape index (κ1) is 12.2. The lowest BCUT2D eigenvalue weighted by atomic mass is 10.1. The van der Waals surface area contributed by atoms with E-state index in [9.17, 15) is 9.59 Å². The maximum Gasteiger partial charge on any atom is 0.335 e. The van der Waals surface area contributed by atoms with Crippen molar-refractivity contribution in [3.05, 3.63) is 35.4 Å². The number of rotatable bonds is 4. The van der Waals surface area contributed by atoms with E-state index >= 15 is 0 Å². The quantitative estimate of drug-likeness (QED) is 0.685. The zero-order chi connectivity index (χ0) is 12.1. The van der Waals surface area contributed by atoms with Crippen LogP contribution in [0.3, 0.4) is 0 Å². The van der Waals surface area contributed by atoms with Crippen LogP contribution in [-0.4, -0.2) is 23.0 Å². The second kappa shape index (κ2) is 5.27. The molecule has 4 N–H and O–H groups in total. The van der Waals surface area contributed by atoms with Gasteiger partial charge in [-0.1, -0.05) is 12.1 Å². The van der Waals surface area contributed by atoms with Crippen LogP contribution in [0.5, 0.6) is 0 Å². The van der Waals surface area contributed by atoms with Crippen LogP contribution in [0.1, 0.15) is 22.8 Å². The fourth-order valence-electron chi connectivity index (χ4n) is 1.16. The summed E-state index contributed by atoms with van der Waals surface area (Å²) in [5.41, 5.74) is 6.30. The summed E-state index contributed by atoms with van der Waals surface area (Å²) in [4.78, 5) is 21.9. The van der Waals surface area contributed by atoms with E-state index in [2.05, 4.69) is 5.32 Å². The highest BCUT2D eigenvalue weighted by atomic mass is 16.4. The largest absolute Gasteiger partial charge is 0.478 e. The van der Waals surface area contributed by atoms with Gasteiger partial charge in [0.05, 0.1) is 11.6 Å². The first-order valence-electron chi connectivity index (χ1n) is 4.86. The van der Waals surface area contributed by atoms with Crippen LogP contribution in [0.4, 0.5) is 0 Å². The van der Waals surface area contributed by atoms with Crippen LogP contribution in [0, 0.1) is 0 Å². The summed E-state index contributed by atoms with van der Waals surface area (Å²) in [5.74, 6) is -1.25. The van der Waals surface area contributed by atoms with E-state index in [1.807, 2.05) is 0 Å². The Labute approximate surface area is 93.3 Å². The Hall–Kier alpha value is -1.88. The molecule has 5 heteroatoms. The molecule has 5 nitrogen and oxygen atoms in total. The Morgan fingerprint density at radius 2 is 2.19 bits per heavy atom. The minimum atomic E-state index is -0.986. The van der Waals surface area contributed by atoms with Crippen LogP contribution in [-0.2, 0) is 11.3 Å². The second-order valence-corrected chi connectivity index (χ2v) is 3.51. The van der Waals surface area contributed by atoms with Gasteiger partial charge in [-0.2, -0.15) is 0 Å². The minimum absolute atomic E-state index is 0.201. The normalized spacial score (nSPS) is 11.9. The summed E-state index contributed by atoms with van der Waals surface area (Å²) in [6.45, 7) is 1.87. The molecule has 1 aromatic rings. The molecule has 1 amide bonds. The first-order valence-corrected chi connectivity index (χ1v) is 4.86. The van der Waals surface area contributed by atoms with E-state index in [0.717, 1.165) is 5.56 Å². The van der Waals surface area contributed by atoms with Gasteiger partial charge in [-0.05, 0) is 24.6 Å². The molecular formula is C11H14N2O3. The summed E-state index contributed by atoms with van der Waals surface area (Å²) in [5, 5.41) is 11.4. The molecule has 1 atom stereocenters. The van der Waals surface area contributed by atoms with Crippen LogP contribution in [0.15, 0.2) is 24.3 Å². The van der Waals surface area contributed by atoms with Gasteiger partial charge < -0.3 is 16.2 Å². The number of carbonyl (C=O) groups excluding carboxylic acids is 1. The third kappa shape index (κ3) is 3.36. The summed E-state index contributed by atoms with van der Waals surface area (Å²) >= 11 is 0. The molecule has 0 heterocycles. The van der Waals surface area contributed by atoms with Crippen molar-refractivity contribution in [1.82, 2.24) is 5.32 Å². The van der Waals surface area contributed by atoms with Gasteiger partial charge in [-0.25, -0.2) is 4.79 Å². The van der Waals surface area contributed by atoms with Crippen molar-refractivity contribution in [3.8, 4) is 0 Å². The standard InChI is InChI=1S/C11H14N2O3/c1-7(12)10(14)13-6-8-3-2-4-9(5-8)11(15)16/h2-5,7H,6,12H2,1H3,(H,13,14)(H,15,16). The Kier molecular flexibility index (Phi) is 4.02. The fraction of sp³-hybridized carbons (Fsp3) is 0.273. The van der Waals surface area contributed by atoms with Crippen molar-refractivity contribution in [1.29, 1.82) is 0 Å². The summed E-state index contributed by atoms with van der Waals surface area (Å²) < 4.78 is 0. The number of carbonyl (C=O) groups is 2. The molecule has 0 aromatic heterocycles. The van der Waals surface area contributed by atoms with E-state index in [0.29, 0.717) is 0 Å². The maximum absolute atomic E-state index is 11.2. The number of nitrogens with one attached hydrogen (secondary N) is 1. The number of benzene rings is 1. The average molecular weight is 222 g/mol. The molecule has 0 bridgehead atoms. The summed E-state index contributed by atoms with van der Waals surface area (Å²) in [6.07, 6.45) is 0. The molecular weight excluding hydrogens is 208 g/mol. The maximum atomic E-state index is 11.2. The molecule has 1 rings (SSSR count). The average Bonchev–Trinajstić information content (AvgIpc) is 2.26. The summed E-state index contributed by atoms with van der Waals surface area (Å²) in [7, 11) is 0. The number of carboxylic acids is 1. The van der Waals surface area contributed by atoms with Crippen molar-refractivity contribution in [2.75, 3.05) is 0 Å². The Bertz CT molecular complexity index is 402. The molecule has 86 valence electrons. The highest BCUT2D eigenvalue weighted by Crippen LogP contribution is 2.04. The molecule has 0 spiro atoms. The smallest absolute Gasteiger partial charge is 0.335 e. The zero-order valence-corrected chi connectivity index (χ0v) is 8.93. The zero-order valence-electron chi connectivity index (χ0n) is 8.93. The summed E-state index contributed by atoms with van der Waals surface area (Å²) in [6, 6.07) is 5.83. The lowest BCUT2D eigenvalue weighted by molar-refractivity contribution is -0.122. The Balaban J connectivity index is 2.64. The van der Waals surface area contributed by atoms with Crippen LogP contribution in [0.25, 0.3) is 0 Å². The molecule has 0 saturated carbocycles. The van der Waals surface area contributed by atoms with Gasteiger partial charge in [0.25, 0.3) is 0 Å². The van der Waals surface area contributed by atoms with Gasteiger partial charge in [0.2, 0.25) is 5.91 Å². The molecule has 0 radical (unpaired) electrons. The van der Waals surface area contributed by atoms with Crippen molar-refractivity contribution in [3.63, 3.8) is 0 Å². The number of carboxylic acid groups (broad SMARTS) is 1. The first-order chi connectivity index (χ1) is 7.50. The highest BCUT2D eigenvalue weighted by Gasteiger charge is 2.07. The molecule has 1 aromatic carbocycles. The van der Waals surface area contributed by atoms with Crippen molar-refractivity contribution in [2.45, 2.75) is 19.5 Å². The number of aromatic carboxylic acids is 1. The van der Waals surface area contributed by atoms with Crippen LogP contribution in [0.2, 0.25) is 0 Å². The number of nitrogens with two attached hydrogens (primary N) is 1.